The zero-order valence-corrected chi connectivity index (χ0v) is 10.8. The molecule has 1 aromatic heterocycles. The van der Waals surface area contributed by atoms with E-state index in [1.54, 1.807) is 0 Å². The van der Waals surface area contributed by atoms with Crippen LogP contribution in [-0.2, 0) is 0 Å². The van der Waals surface area contributed by atoms with Gasteiger partial charge in [0.25, 0.3) is 0 Å². The molecule has 1 N–H and O–H groups in total. The van der Waals surface area contributed by atoms with Crippen LogP contribution in [0.1, 0.15) is 39.5 Å². The van der Waals surface area contributed by atoms with Crippen LogP contribution in [0.25, 0.3) is 0 Å². The normalized spacial score (nSPS) is 16.6. The van der Waals surface area contributed by atoms with E-state index < -0.39 is 0 Å². The van der Waals surface area contributed by atoms with Crippen molar-refractivity contribution in [2.24, 2.45) is 5.92 Å². The number of pyridine rings is 1. The van der Waals surface area contributed by atoms with Gasteiger partial charge < -0.3 is 10.1 Å². The summed E-state index contributed by atoms with van der Waals surface area (Å²) in [5.41, 5.74) is 1.11. The van der Waals surface area contributed by atoms with Crippen molar-refractivity contribution in [1.29, 1.82) is 0 Å². The summed E-state index contributed by atoms with van der Waals surface area (Å²) in [7, 11) is 0. The van der Waals surface area contributed by atoms with Crippen molar-refractivity contribution >= 4 is 5.69 Å². The van der Waals surface area contributed by atoms with Crippen LogP contribution in [0.3, 0.4) is 0 Å². The van der Waals surface area contributed by atoms with Crippen molar-refractivity contribution in [2.75, 3.05) is 11.9 Å². The fourth-order valence-electron chi connectivity index (χ4n) is 2.15. The van der Waals surface area contributed by atoms with Crippen molar-refractivity contribution < 1.29 is 4.74 Å². The molecule has 3 nitrogen and oxygen atoms in total. The number of aromatic nitrogens is 1. The summed E-state index contributed by atoms with van der Waals surface area (Å²) in [4.78, 5) is 4.28. The van der Waals surface area contributed by atoms with Gasteiger partial charge in [0.1, 0.15) is 0 Å². The fraction of sp³-hybridized carbons (Fsp3) is 0.643. The van der Waals surface area contributed by atoms with Gasteiger partial charge in [-0.2, -0.15) is 0 Å². The Balaban J connectivity index is 1.92. The van der Waals surface area contributed by atoms with Crippen LogP contribution >= 0.6 is 0 Å². The highest BCUT2D eigenvalue weighted by Gasteiger charge is 2.30. The lowest BCUT2D eigenvalue weighted by Crippen LogP contribution is -2.21. The molecule has 2 rings (SSSR count). The Hall–Kier alpha value is -1.25. The Bertz CT molecular complexity index is 333. The maximum absolute atomic E-state index is 5.33. The predicted molar refractivity (Wildman–Crippen MR) is 70.4 cm³/mol. The van der Waals surface area contributed by atoms with Gasteiger partial charge in [-0.3, -0.25) is 0 Å². The number of rotatable bonds is 7. The van der Waals surface area contributed by atoms with Gasteiger partial charge in [0.05, 0.1) is 18.5 Å². The van der Waals surface area contributed by atoms with E-state index in [0.29, 0.717) is 18.5 Å². The zero-order chi connectivity index (χ0) is 12.1. The lowest BCUT2D eigenvalue weighted by atomic mass is 10.1. The average Bonchev–Trinajstić information content (AvgIpc) is 3.15. The molecule has 0 amide bonds. The van der Waals surface area contributed by atoms with Crippen molar-refractivity contribution in [1.82, 2.24) is 4.98 Å². The van der Waals surface area contributed by atoms with E-state index in [0.717, 1.165) is 11.6 Å². The molecule has 1 aliphatic rings. The number of ether oxygens (including phenoxy) is 1. The molecule has 1 aliphatic carbocycles. The van der Waals surface area contributed by atoms with Gasteiger partial charge in [0.15, 0.2) is 0 Å². The van der Waals surface area contributed by atoms with E-state index in [9.17, 15) is 0 Å². The van der Waals surface area contributed by atoms with Crippen molar-refractivity contribution in [3.63, 3.8) is 0 Å². The third-order valence-electron chi connectivity index (χ3n) is 3.17. The minimum Gasteiger partial charge on any atom is -0.478 e. The first-order chi connectivity index (χ1) is 8.33. The number of nitrogens with zero attached hydrogens (tertiary/aromatic N) is 1. The molecule has 94 valence electrons. The summed E-state index contributed by atoms with van der Waals surface area (Å²) < 4.78 is 5.33. The van der Waals surface area contributed by atoms with Crippen molar-refractivity contribution in [2.45, 2.75) is 45.6 Å². The van der Waals surface area contributed by atoms with Crippen LogP contribution in [0.2, 0.25) is 0 Å². The first kappa shape index (κ1) is 12.2. The lowest BCUT2D eigenvalue weighted by molar-refractivity contribution is 0.327. The summed E-state index contributed by atoms with van der Waals surface area (Å²) in [6.45, 7) is 4.88. The van der Waals surface area contributed by atoms with E-state index in [-0.39, 0.29) is 0 Å². The number of anilines is 1. The minimum atomic E-state index is 0.625. The maximum Gasteiger partial charge on any atom is 0.213 e. The van der Waals surface area contributed by atoms with Gasteiger partial charge in [0, 0.05) is 12.1 Å². The van der Waals surface area contributed by atoms with Crippen LogP contribution in [0.5, 0.6) is 5.88 Å². The van der Waals surface area contributed by atoms with Crippen LogP contribution in [0.15, 0.2) is 18.3 Å². The highest BCUT2D eigenvalue weighted by atomic mass is 16.5. The Kier molecular flexibility index (Phi) is 4.24. The second-order valence-electron chi connectivity index (χ2n) is 4.70. The quantitative estimate of drug-likeness (QED) is 0.784. The number of hydrogen-bond acceptors (Lipinski definition) is 3. The highest BCUT2D eigenvalue weighted by molar-refractivity contribution is 5.43. The van der Waals surface area contributed by atoms with E-state index in [4.69, 9.17) is 4.74 Å². The highest BCUT2D eigenvalue weighted by Crippen LogP contribution is 2.36. The molecule has 1 saturated carbocycles. The molecule has 0 bridgehead atoms. The van der Waals surface area contributed by atoms with E-state index in [1.165, 1.54) is 25.7 Å². The lowest BCUT2D eigenvalue weighted by Gasteiger charge is -2.18. The molecule has 3 heteroatoms. The van der Waals surface area contributed by atoms with Gasteiger partial charge in [-0.05, 0) is 38.2 Å². The van der Waals surface area contributed by atoms with Crippen molar-refractivity contribution in [3.05, 3.63) is 18.3 Å². The number of hydrogen-bond donors (Lipinski definition) is 1. The Labute approximate surface area is 104 Å². The Morgan fingerprint density at radius 2 is 2.24 bits per heavy atom. The third-order valence-corrected chi connectivity index (χ3v) is 3.17. The second kappa shape index (κ2) is 5.89. The molecular formula is C14H22N2O. The zero-order valence-electron chi connectivity index (χ0n) is 10.8. The molecule has 0 aromatic carbocycles. The Morgan fingerprint density at radius 1 is 1.41 bits per heavy atom. The van der Waals surface area contributed by atoms with Crippen LogP contribution in [0.4, 0.5) is 5.69 Å². The predicted octanol–water partition coefficient (Wildman–Crippen LogP) is 3.47. The molecule has 1 aromatic rings. The molecule has 0 aliphatic heterocycles. The van der Waals surface area contributed by atoms with Gasteiger partial charge in [-0.15, -0.1) is 0 Å². The summed E-state index contributed by atoms with van der Waals surface area (Å²) >= 11 is 0. The van der Waals surface area contributed by atoms with E-state index in [2.05, 4.69) is 23.3 Å². The first-order valence-electron chi connectivity index (χ1n) is 6.68. The monoisotopic (exact) mass is 234 g/mol. The molecule has 1 heterocycles. The fourth-order valence-corrected chi connectivity index (χ4v) is 2.15. The third kappa shape index (κ3) is 3.62. The van der Waals surface area contributed by atoms with E-state index in [1.807, 2.05) is 19.2 Å². The van der Waals surface area contributed by atoms with Gasteiger partial charge >= 0.3 is 0 Å². The summed E-state index contributed by atoms with van der Waals surface area (Å²) in [5.74, 6) is 1.58. The summed E-state index contributed by atoms with van der Waals surface area (Å²) in [6, 6.07) is 4.62. The maximum atomic E-state index is 5.33. The van der Waals surface area contributed by atoms with Crippen LogP contribution < -0.4 is 10.1 Å². The average molecular weight is 234 g/mol. The van der Waals surface area contributed by atoms with Crippen molar-refractivity contribution in [3.8, 4) is 5.88 Å². The molecule has 0 radical (unpaired) electrons. The SMILES string of the molecule is CCCC(Nc1ccc(OCC)nc1)C1CC1. The molecule has 1 atom stereocenters. The molecular weight excluding hydrogens is 212 g/mol. The topological polar surface area (TPSA) is 34.1 Å². The molecule has 0 saturated heterocycles. The summed E-state index contributed by atoms with van der Waals surface area (Å²) in [5, 5.41) is 3.59. The molecule has 17 heavy (non-hydrogen) atoms. The minimum absolute atomic E-state index is 0.625. The molecule has 1 unspecified atom stereocenters. The number of nitrogens with one attached hydrogen (secondary N) is 1. The van der Waals surface area contributed by atoms with Gasteiger partial charge in [-0.1, -0.05) is 13.3 Å². The molecule has 1 fully saturated rings. The Morgan fingerprint density at radius 3 is 2.76 bits per heavy atom. The molecule has 0 spiro atoms. The summed E-state index contributed by atoms with van der Waals surface area (Å²) in [6.07, 6.45) is 7.11. The van der Waals surface area contributed by atoms with Crippen LogP contribution in [-0.4, -0.2) is 17.6 Å². The second-order valence-corrected chi connectivity index (χ2v) is 4.70. The van der Waals surface area contributed by atoms with Crippen LogP contribution in [0, 0.1) is 5.92 Å². The first-order valence-corrected chi connectivity index (χ1v) is 6.68. The smallest absolute Gasteiger partial charge is 0.213 e. The standard InChI is InChI=1S/C14H22N2O/c1-3-5-13(11-6-7-11)16-12-8-9-14(15-10-12)17-4-2/h8-11,13,16H,3-7H2,1-2H3. The van der Waals surface area contributed by atoms with Gasteiger partial charge in [0.2, 0.25) is 5.88 Å². The largest absolute Gasteiger partial charge is 0.478 e. The van der Waals surface area contributed by atoms with Gasteiger partial charge in [-0.25, -0.2) is 4.98 Å². The van der Waals surface area contributed by atoms with E-state index >= 15 is 0 Å².